The molecule has 2 rings (SSSR count). The molecular formula is C22H33N3O2. The van der Waals surface area contributed by atoms with Gasteiger partial charge in [0.2, 0.25) is 5.91 Å². The molecule has 0 unspecified atom stereocenters. The molecule has 148 valence electrons. The van der Waals surface area contributed by atoms with Gasteiger partial charge in [-0.2, -0.15) is 0 Å². The molecule has 0 spiro atoms. The smallest absolute Gasteiger partial charge is 0.221 e. The molecule has 0 aliphatic rings. The Balaban J connectivity index is 2.55. The maximum atomic E-state index is 11.8. The highest BCUT2D eigenvalue weighted by molar-refractivity contribution is 5.99. The maximum absolute atomic E-state index is 11.8. The van der Waals surface area contributed by atoms with E-state index in [1.165, 1.54) is 5.56 Å². The molecule has 0 saturated heterocycles. The number of Topliss-reactive ketones (excluding diaryl/α,β-unsaturated/α-hetero) is 1. The maximum Gasteiger partial charge on any atom is 0.221 e. The second kappa shape index (κ2) is 9.58. The van der Waals surface area contributed by atoms with E-state index >= 15 is 0 Å². The van der Waals surface area contributed by atoms with Gasteiger partial charge in [-0.05, 0) is 43.9 Å². The van der Waals surface area contributed by atoms with Gasteiger partial charge in [-0.15, -0.1) is 0 Å². The summed E-state index contributed by atoms with van der Waals surface area (Å²) >= 11 is 0. The lowest BCUT2D eigenvalue weighted by molar-refractivity contribution is -0.118. The fourth-order valence-electron chi connectivity index (χ4n) is 3.63. The van der Waals surface area contributed by atoms with Crippen molar-refractivity contribution in [2.24, 2.45) is 0 Å². The normalized spacial score (nSPS) is 11.0. The summed E-state index contributed by atoms with van der Waals surface area (Å²) in [5, 5.41) is 4.15. The summed E-state index contributed by atoms with van der Waals surface area (Å²) in [5.41, 5.74) is 5.21. The Kier molecular flexibility index (Phi) is 7.45. The van der Waals surface area contributed by atoms with Gasteiger partial charge in [0.25, 0.3) is 0 Å². The molecule has 5 nitrogen and oxygen atoms in total. The number of hydrogen-bond donors (Lipinski definition) is 2. The minimum absolute atomic E-state index is 0.0689. The van der Waals surface area contributed by atoms with E-state index in [2.05, 4.69) is 42.0 Å². The molecule has 0 fully saturated rings. The molecule has 1 aromatic carbocycles. The van der Waals surface area contributed by atoms with Crippen molar-refractivity contribution >= 4 is 34.0 Å². The number of H-pyrrole nitrogens is 1. The van der Waals surface area contributed by atoms with Gasteiger partial charge in [-0.1, -0.05) is 20.8 Å². The molecule has 0 aliphatic carbocycles. The average Bonchev–Trinajstić information content (AvgIpc) is 2.92. The molecule has 27 heavy (non-hydrogen) atoms. The van der Waals surface area contributed by atoms with Crippen molar-refractivity contribution in [1.29, 1.82) is 0 Å². The molecule has 2 aromatic rings. The van der Waals surface area contributed by atoms with Gasteiger partial charge in [-0.3, -0.25) is 9.59 Å². The molecule has 1 amide bonds. The van der Waals surface area contributed by atoms with Crippen molar-refractivity contribution in [2.45, 2.75) is 66.7 Å². The molecule has 0 bridgehead atoms. The number of carbonyl (C=O) groups excluding carboxylic acids is 2. The Morgan fingerprint density at radius 1 is 1.11 bits per heavy atom. The van der Waals surface area contributed by atoms with Crippen LogP contribution in [0.2, 0.25) is 0 Å². The highest BCUT2D eigenvalue weighted by Crippen LogP contribution is 2.35. The Labute approximate surface area is 162 Å². The van der Waals surface area contributed by atoms with Gasteiger partial charge in [0.05, 0.1) is 11.4 Å². The molecule has 0 radical (unpaired) electrons. The summed E-state index contributed by atoms with van der Waals surface area (Å²) in [5.74, 6) is 0.220. The molecule has 1 heterocycles. The number of nitrogens with zero attached hydrogens (tertiary/aromatic N) is 1. The Bertz CT molecular complexity index is 801. The van der Waals surface area contributed by atoms with E-state index in [1.54, 1.807) is 6.92 Å². The minimum atomic E-state index is -0.0689. The quantitative estimate of drug-likeness (QED) is 0.619. The third kappa shape index (κ3) is 5.12. The number of hydrogen-bond acceptors (Lipinski definition) is 3. The van der Waals surface area contributed by atoms with Gasteiger partial charge in [0.1, 0.15) is 5.78 Å². The number of amides is 1. The number of benzene rings is 1. The second-order valence-electron chi connectivity index (χ2n) is 7.20. The van der Waals surface area contributed by atoms with Crippen LogP contribution in [0.25, 0.3) is 10.9 Å². The van der Waals surface area contributed by atoms with Gasteiger partial charge >= 0.3 is 0 Å². The summed E-state index contributed by atoms with van der Waals surface area (Å²) in [7, 11) is 0. The van der Waals surface area contributed by atoms with Gasteiger partial charge < -0.3 is 15.2 Å². The van der Waals surface area contributed by atoms with Crippen LogP contribution in [-0.4, -0.2) is 29.8 Å². The number of rotatable bonds is 10. The first-order chi connectivity index (χ1) is 12.9. The largest absolute Gasteiger partial charge is 0.370 e. The lowest BCUT2D eigenvalue weighted by atomic mass is 10.0. The molecule has 0 saturated carbocycles. The lowest BCUT2D eigenvalue weighted by Gasteiger charge is -2.26. The van der Waals surface area contributed by atoms with Crippen LogP contribution >= 0.6 is 0 Å². The second-order valence-corrected chi connectivity index (χ2v) is 7.20. The van der Waals surface area contributed by atoms with Crippen molar-refractivity contribution in [3.05, 3.63) is 23.4 Å². The van der Waals surface area contributed by atoms with E-state index in [9.17, 15) is 9.59 Å². The zero-order valence-corrected chi connectivity index (χ0v) is 17.4. The number of nitrogens with one attached hydrogen (secondary N) is 2. The predicted molar refractivity (Wildman–Crippen MR) is 114 cm³/mol. The van der Waals surface area contributed by atoms with Crippen LogP contribution in [0.3, 0.4) is 0 Å². The first-order valence-corrected chi connectivity index (χ1v) is 10.1. The molecule has 2 N–H and O–H groups in total. The zero-order chi connectivity index (χ0) is 20.0. The number of anilines is 2. The highest BCUT2D eigenvalue weighted by atomic mass is 16.1. The third-order valence-electron chi connectivity index (χ3n) is 4.92. The summed E-state index contributed by atoms with van der Waals surface area (Å²) in [4.78, 5) is 29.3. The van der Waals surface area contributed by atoms with Crippen molar-refractivity contribution in [3.8, 4) is 0 Å². The van der Waals surface area contributed by atoms with Crippen LogP contribution in [0, 0.1) is 6.92 Å². The summed E-state index contributed by atoms with van der Waals surface area (Å²) in [6.45, 7) is 11.7. The topological polar surface area (TPSA) is 65.2 Å². The number of aromatic amines is 1. The Hall–Kier alpha value is -2.30. The zero-order valence-electron chi connectivity index (χ0n) is 17.4. The van der Waals surface area contributed by atoms with E-state index in [0.29, 0.717) is 12.8 Å². The lowest BCUT2D eigenvalue weighted by Crippen LogP contribution is -2.26. The molecular weight excluding hydrogens is 338 g/mol. The van der Waals surface area contributed by atoms with Crippen LogP contribution in [0.5, 0.6) is 0 Å². The number of aryl methyl sites for hydroxylation is 2. The van der Waals surface area contributed by atoms with E-state index < -0.39 is 0 Å². The van der Waals surface area contributed by atoms with Crippen LogP contribution < -0.4 is 10.2 Å². The molecule has 0 aliphatic heterocycles. The van der Waals surface area contributed by atoms with E-state index in [0.717, 1.165) is 60.3 Å². The van der Waals surface area contributed by atoms with E-state index in [1.807, 2.05) is 13.0 Å². The summed E-state index contributed by atoms with van der Waals surface area (Å²) < 4.78 is 0. The fourth-order valence-corrected chi connectivity index (χ4v) is 3.63. The van der Waals surface area contributed by atoms with Crippen molar-refractivity contribution < 1.29 is 9.59 Å². The fraction of sp³-hybridized carbons (Fsp3) is 0.545. The SMILES string of the molecule is CCCN(CCC)c1cc2c(CCC(=O)CC)c(C)[nH]c2cc1NC(C)=O. The Morgan fingerprint density at radius 2 is 1.78 bits per heavy atom. The summed E-state index contributed by atoms with van der Waals surface area (Å²) in [6, 6.07) is 4.21. The van der Waals surface area contributed by atoms with Gasteiger partial charge in [-0.25, -0.2) is 0 Å². The number of fused-ring (bicyclic) bond motifs is 1. The highest BCUT2D eigenvalue weighted by Gasteiger charge is 2.17. The van der Waals surface area contributed by atoms with Crippen molar-refractivity contribution in [3.63, 3.8) is 0 Å². The average molecular weight is 372 g/mol. The molecule has 0 atom stereocenters. The van der Waals surface area contributed by atoms with E-state index in [-0.39, 0.29) is 11.7 Å². The van der Waals surface area contributed by atoms with Gasteiger partial charge in [0, 0.05) is 49.5 Å². The van der Waals surface area contributed by atoms with Crippen LogP contribution in [-0.2, 0) is 16.0 Å². The first-order valence-electron chi connectivity index (χ1n) is 10.1. The number of carbonyl (C=O) groups is 2. The van der Waals surface area contributed by atoms with Crippen molar-refractivity contribution in [2.75, 3.05) is 23.3 Å². The Morgan fingerprint density at radius 3 is 2.33 bits per heavy atom. The first kappa shape index (κ1) is 21.0. The number of aromatic nitrogens is 1. The standard InChI is InChI=1S/C22H33N3O2/c1-6-11-25(12-7-2)22-13-19-18(10-9-17(27)8-3)15(4)23-20(19)14-21(22)24-16(5)26/h13-14,23H,6-12H2,1-5H3,(H,24,26). The minimum Gasteiger partial charge on any atom is -0.370 e. The monoisotopic (exact) mass is 371 g/mol. The van der Waals surface area contributed by atoms with Crippen LogP contribution in [0.1, 0.15) is 64.6 Å². The van der Waals surface area contributed by atoms with Gasteiger partial charge in [0.15, 0.2) is 0 Å². The summed E-state index contributed by atoms with van der Waals surface area (Å²) in [6.07, 6.45) is 3.99. The molecule has 1 aromatic heterocycles. The number of ketones is 1. The van der Waals surface area contributed by atoms with Crippen LogP contribution in [0.15, 0.2) is 12.1 Å². The van der Waals surface area contributed by atoms with Crippen LogP contribution in [0.4, 0.5) is 11.4 Å². The predicted octanol–water partition coefficient (Wildman–Crippen LogP) is 4.97. The van der Waals surface area contributed by atoms with E-state index in [4.69, 9.17) is 0 Å². The molecule has 5 heteroatoms. The third-order valence-corrected chi connectivity index (χ3v) is 4.92. The van der Waals surface area contributed by atoms with Crippen molar-refractivity contribution in [1.82, 2.24) is 4.98 Å².